The molecule has 8 aliphatic rings. The van der Waals surface area contributed by atoms with Gasteiger partial charge in [0.25, 0.3) is 0 Å². The minimum absolute atomic E-state index is 0.0920. The molecule has 3 aromatic rings. The van der Waals surface area contributed by atoms with Crippen molar-refractivity contribution < 1.29 is 38.8 Å². The number of rotatable bonds is 8. The van der Waals surface area contributed by atoms with Crippen LogP contribution in [0.2, 0.25) is 0 Å². The molecule has 3 aromatic carbocycles. The van der Waals surface area contributed by atoms with Crippen molar-refractivity contribution in [2.45, 2.75) is 0 Å². The fourth-order valence-corrected chi connectivity index (χ4v) is 67.4. The summed E-state index contributed by atoms with van der Waals surface area (Å²) in [6.45, 7) is 0. The van der Waals surface area contributed by atoms with Crippen LogP contribution in [0.1, 0.15) is 20.7 Å². The van der Waals surface area contributed by atoms with E-state index in [0.29, 0.717) is 73.1 Å². The topological polar surface area (TPSA) is 175 Å². The number of carbonyl (C=O) groups is 2. The summed E-state index contributed by atoms with van der Waals surface area (Å²) in [6, 6.07) is 16.0. The average molecular weight is 1250 g/mol. The molecule has 0 spiro atoms. The second-order valence-electron chi connectivity index (χ2n) is 14.4. The van der Waals surface area contributed by atoms with Crippen LogP contribution in [0, 0.1) is 0 Å². The first-order valence-electron chi connectivity index (χ1n) is 19.5. The van der Waals surface area contributed by atoms with E-state index >= 15 is 0 Å². The van der Waals surface area contributed by atoms with Crippen LogP contribution in [0.3, 0.4) is 0 Å². The van der Waals surface area contributed by atoms with Gasteiger partial charge in [0, 0.05) is 0 Å². The Bertz CT molecular complexity index is 2960. The molecule has 4 saturated heterocycles. The molecule has 11 rings (SSSR count). The summed E-state index contributed by atoms with van der Waals surface area (Å²) < 4.78 is 16.5. The van der Waals surface area contributed by atoms with Crippen LogP contribution in [0.4, 0.5) is 0 Å². The molecule has 0 radical (unpaired) electrons. The number of fused-ring (bicyclic) bond motifs is 4. The van der Waals surface area contributed by atoms with Gasteiger partial charge in [-0.15, -0.1) is 0 Å². The van der Waals surface area contributed by atoms with Gasteiger partial charge in [-0.1, -0.05) is 0 Å². The number of phenols is 2. The van der Waals surface area contributed by atoms with Crippen molar-refractivity contribution in [1.29, 1.82) is 0 Å². The van der Waals surface area contributed by atoms with E-state index in [4.69, 9.17) is 8.83 Å². The summed E-state index contributed by atoms with van der Waals surface area (Å²) in [5.74, 6) is 5.55. The fourth-order valence-electron chi connectivity index (χ4n) is 8.20. The Labute approximate surface area is 409 Å². The second kappa shape index (κ2) is 18.5. The summed E-state index contributed by atoms with van der Waals surface area (Å²) in [6.07, 6.45) is 0. The van der Waals surface area contributed by atoms with Gasteiger partial charge in [-0.25, -0.2) is 0 Å². The van der Waals surface area contributed by atoms with Crippen molar-refractivity contribution in [3.05, 3.63) is 92.2 Å². The first kappa shape index (κ1) is 45.1. The number of carboxylic acid groups (broad SMARTS) is 2. The van der Waals surface area contributed by atoms with E-state index in [0.717, 1.165) is 46.0 Å². The molecule has 2 aliphatic carbocycles. The number of aromatic hydroxyl groups is 2. The standard InChI is InChI=1S/C42H30As4O10S8/c47-27-5-1-19-31(20-2-6-28(48)34(44-59-11-12-60-44)38(20)55-37(19)33(27)43-57-9-10-58-43)23-17-24(26(42(53)54)18-25(23)41(51)52)32-21-3-7-29(49)35(45-61-13-14-62-45)39(21)56-40-22(32)4-8-30(50)36(40)46-63-15-16-64-46/h1-8,17-18,47,49H,9-16H2,(H,51,52)(H,53,54). The van der Waals surface area contributed by atoms with Crippen molar-refractivity contribution in [3.8, 4) is 56.4 Å². The Morgan fingerprint density at radius 3 is 1.14 bits per heavy atom. The van der Waals surface area contributed by atoms with Crippen LogP contribution < -0.4 is 28.3 Å². The third-order valence-corrected chi connectivity index (χ3v) is 65.2. The fraction of sp³-hybridized carbons (Fsp3) is 0.190. The monoisotopic (exact) mass is 1250 g/mol. The number of hydrogen-bond donors (Lipinski definition) is 4. The summed E-state index contributed by atoms with van der Waals surface area (Å²) in [5.41, 5.74) is 2.46. The number of benzene rings is 5. The van der Waals surface area contributed by atoms with Gasteiger partial charge in [0.15, 0.2) is 0 Å². The first-order valence-corrected chi connectivity index (χ1v) is 49.2. The molecule has 4 N–H and O–H groups in total. The molecule has 0 saturated carbocycles. The normalized spacial score (nSPS) is 17.9. The molecule has 4 fully saturated rings. The number of carboxylic acids is 2. The molecule has 0 atom stereocenters. The van der Waals surface area contributed by atoms with E-state index < -0.39 is 61.3 Å². The molecule has 0 bridgehead atoms. The maximum atomic E-state index is 14.0. The van der Waals surface area contributed by atoms with Crippen LogP contribution >= 0.6 is 80.2 Å². The molecule has 0 unspecified atom stereocenters. The number of hydrogen-bond acceptors (Lipinski definition) is 16. The van der Waals surface area contributed by atoms with Crippen molar-refractivity contribution in [2.75, 3.05) is 46.0 Å². The molecule has 0 aromatic heterocycles. The van der Waals surface area contributed by atoms with Crippen LogP contribution in [-0.4, -0.2) is 128 Å². The van der Waals surface area contributed by atoms with Crippen molar-refractivity contribution in [2.24, 2.45) is 0 Å². The van der Waals surface area contributed by atoms with Crippen molar-refractivity contribution >= 4 is 181 Å². The predicted molar refractivity (Wildman–Crippen MR) is 281 cm³/mol. The summed E-state index contributed by atoms with van der Waals surface area (Å²) >= 11 is -8.13. The number of phenolic OH excluding ortho intramolecular Hbond substituents is 2. The zero-order valence-electron chi connectivity index (χ0n) is 32.7. The van der Waals surface area contributed by atoms with Crippen molar-refractivity contribution in [3.63, 3.8) is 0 Å². The average Bonchev–Trinajstić information content (AvgIpc) is 4.14. The molecule has 326 valence electrons. The van der Waals surface area contributed by atoms with E-state index in [-0.39, 0.29) is 44.6 Å². The summed E-state index contributed by atoms with van der Waals surface area (Å²) in [4.78, 5) is 55.3. The number of aromatic carboxylic acids is 2. The van der Waals surface area contributed by atoms with Crippen molar-refractivity contribution in [1.82, 2.24) is 0 Å². The Morgan fingerprint density at radius 1 is 0.453 bits per heavy atom. The van der Waals surface area contributed by atoms with Gasteiger partial charge in [0.05, 0.1) is 0 Å². The van der Waals surface area contributed by atoms with E-state index in [1.165, 1.54) is 18.2 Å². The minimum atomic E-state index is -2.06. The van der Waals surface area contributed by atoms with Gasteiger partial charge in [0.2, 0.25) is 0 Å². The molecule has 22 heteroatoms. The zero-order valence-corrected chi connectivity index (χ0v) is 46.8. The van der Waals surface area contributed by atoms with Gasteiger partial charge in [-0.05, 0) is 0 Å². The Hall–Kier alpha value is -1.39. The quantitative estimate of drug-likeness (QED) is 0.0908. The van der Waals surface area contributed by atoms with E-state index in [1.807, 2.05) is 40.1 Å². The van der Waals surface area contributed by atoms with Crippen LogP contribution in [-0.2, 0) is 0 Å². The van der Waals surface area contributed by atoms with Gasteiger partial charge in [-0.2, -0.15) is 0 Å². The molecular formula is C42H30As4O10S8. The van der Waals surface area contributed by atoms with E-state index in [1.54, 1.807) is 82.6 Å². The Kier molecular flexibility index (Phi) is 13.0. The van der Waals surface area contributed by atoms with Gasteiger partial charge < -0.3 is 0 Å². The predicted octanol–water partition coefficient (Wildman–Crippen LogP) is 6.95. The molecular weight excluding hydrogens is 1220 g/mol. The van der Waals surface area contributed by atoms with Crippen LogP contribution in [0.15, 0.2) is 79.1 Å². The first-order chi connectivity index (χ1) is 31.1. The summed E-state index contributed by atoms with van der Waals surface area (Å²) in [7, 11) is 14.5. The third kappa shape index (κ3) is 7.76. The SMILES string of the molecule is O=C(O)c1cc(C(=O)O)c(-c2c3ccc(=O)c([As]4SCCS4)c-3oc3c([As]4SCCS4)c(O)ccc23)cc1-c1c2ccc(=O)c([As]3SCCS3)c-2oc2c([As]3SCCS3)c(O)ccc12. The summed E-state index contributed by atoms with van der Waals surface area (Å²) in [5, 5.41) is 46.5. The molecule has 6 heterocycles. The van der Waals surface area contributed by atoms with Crippen LogP contribution in [0.25, 0.3) is 66.8 Å². The van der Waals surface area contributed by atoms with E-state index in [9.17, 15) is 39.6 Å². The maximum absolute atomic E-state index is 14.0. The Balaban J connectivity index is 1.29. The zero-order chi connectivity index (χ0) is 44.0. The third-order valence-electron chi connectivity index (χ3n) is 10.8. The van der Waals surface area contributed by atoms with Gasteiger partial charge in [-0.3, -0.25) is 0 Å². The van der Waals surface area contributed by atoms with Gasteiger partial charge >= 0.3 is 414 Å². The van der Waals surface area contributed by atoms with E-state index in [2.05, 4.69) is 0 Å². The second-order valence-corrected chi connectivity index (χ2v) is 60.8. The molecule has 6 aliphatic heterocycles. The van der Waals surface area contributed by atoms with Gasteiger partial charge in [0.1, 0.15) is 0 Å². The molecule has 0 amide bonds. The Morgan fingerprint density at radius 2 is 0.797 bits per heavy atom. The van der Waals surface area contributed by atoms with Crippen LogP contribution in [0.5, 0.6) is 11.5 Å². The molecule has 64 heavy (non-hydrogen) atoms. The molecule has 10 nitrogen and oxygen atoms in total.